The van der Waals surface area contributed by atoms with Gasteiger partial charge in [-0.3, -0.25) is 0 Å². The van der Waals surface area contributed by atoms with Crippen molar-refractivity contribution in [3.8, 4) is 0 Å². The van der Waals surface area contributed by atoms with Gasteiger partial charge in [-0.05, 0) is 31.0 Å². The van der Waals surface area contributed by atoms with Crippen LogP contribution in [-0.4, -0.2) is 17.2 Å². The summed E-state index contributed by atoms with van der Waals surface area (Å²) < 4.78 is 0. The van der Waals surface area contributed by atoms with Crippen molar-refractivity contribution in [3.05, 3.63) is 29.8 Å². The number of primary amides is 1. The number of aliphatic hydroxyl groups is 1. The number of hydrogen-bond acceptors (Lipinski definition) is 2. The molecule has 0 saturated heterocycles. The zero-order valence-electron chi connectivity index (χ0n) is 8.03. The van der Waals surface area contributed by atoms with Gasteiger partial charge in [0.1, 0.15) is 0 Å². The lowest BCUT2D eigenvalue weighted by Crippen LogP contribution is -2.19. The van der Waals surface area contributed by atoms with Crippen LogP contribution in [0.1, 0.15) is 12.5 Å². The molecule has 4 N–H and O–H groups in total. The minimum Gasteiger partial charge on any atom is -0.393 e. The Kier molecular flexibility index (Phi) is 3.48. The van der Waals surface area contributed by atoms with Crippen LogP contribution in [0.3, 0.4) is 0 Å². The topological polar surface area (TPSA) is 75.3 Å². The molecule has 1 aromatic rings. The Bertz CT molecular complexity index is 306. The molecular weight excluding hydrogens is 180 g/mol. The van der Waals surface area contributed by atoms with Crippen molar-refractivity contribution in [3.63, 3.8) is 0 Å². The van der Waals surface area contributed by atoms with Gasteiger partial charge in [-0.15, -0.1) is 0 Å². The van der Waals surface area contributed by atoms with Crippen LogP contribution in [0.2, 0.25) is 0 Å². The van der Waals surface area contributed by atoms with E-state index in [4.69, 9.17) is 10.8 Å². The van der Waals surface area contributed by atoms with E-state index in [-0.39, 0.29) is 6.10 Å². The molecule has 0 aromatic heterocycles. The quantitative estimate of drug-likeness (QED) is 0.674. The molecule has 4 heteroatoms. The average molecular weight is 194 g/mol. The van der Waals surface area contributed by atoms with E-state index >= 15 is 0 Å². The molecule has 1 aromatic carbocycles. The summed E-state index contributed by atoms with van der Waals surface area (Å²) in [5.74, 6) is 0. The molecule has 14 heavy (non-hydrogen) atoms. The molecule has 0 radical (unpaired) electrons. The van der Waals surface area contributed by atoms with E-state index in [2.05, 4.69) is 5.32 Å². The van der Waals surface area contributed by atoms with E-state index in [1.807, 2.05) is 12.1 Å². The van der Waals surface area contributed by atoms with Crippen LogP contribution >= 0.6 is 0 Å². The normalized spacial score (nSPS) is 12.1. The fraction of sp³-hybridized carbons (Fsp3) is 0.300. The highest BCUT2D eigenvalue weighted by molar-refractivity contribution is 5.87. The third-order valence-corrected chi connectivity index (χ3v) is 1.75. The van der Waals surface area contributed by atoms with Crippen LogP contribution in [0, 0.1) is 0 Å². The van der Waals surface area contributed by atoms with Gasteiger partial charge in [0.05, 0.1) is 6.10 Å². The number of anilines is 1. The summed E-state index contributed by atoms with van der Waals surface area (Å²) in [6, 6.07) is 6.62. The van der Waals surface area contributed by atoms with Gasteiger partial charge in [0, 0.05) is 5.69 Å². The van der Waals surface area contributed by atoms with Gasteiger partial charge in [-0.1, -0.05) is 12.1 Å². The zero-order valence-corrected chi connectivity index (χ0v) is 8.03. The highest BCUT2D eigenvalue weighted by Gasteiger charge is 1.99. The predicted molar refractivity (Wildman–Crippen MR) is 55.0 cm³/mol. The van der Waals surface area contributed by atoms with E-state index in [9.17, 15) is 4.79 Å². The molecular formula is C10H14N2O2. The zero-order chi connectivity index (χ0) is 10.6. The first-order chi connectivity index (χ1) is 6.58. The van der Waals surface area contributed by atoms with Crippen LogP contribution in [0.5, 0.6) is 0 Å². The second kappa shape index (κ2) is 4.62. The van der Waals surface area contributed by atoms with E-state index in [0.717, 1.165) is 5.56 Å². The third-order valence-electron chi connectivity index (χ3n) is 1.75. The number of aliphatic hydroxyl groups excluding tert-OH is 1. The molecule has 1 rings (SSSR count). The van der Waals surface area contributed by atoms with Gasteiger partial charge in [-0.2, -0.15) is 0 Å². The summed E-state index contributed by atoms with van der Waals surface area (Å²) in [5, 5.41) is 11.6. The summed E-state index contributed by atoms with van der Waals surface area (Å²) >= 11 is 0. The Morgan fingerprint density at radius 2 is 2.07 bits per heavy atom. The first-order valence-electron chi connectivity index (χ1n) is 4.41. The maximum atomic E-state index is 10.5. The maximum absolute atomic E-state index is 10.5. The average Bonchev–Trinajstić information content (AvgIpc) is 2.06. The van der Waals surface area contributed by atoms with Crippen molar-refractivity contribution >= 4 is 11.7 Å². The van der Waals surface area contributed by atoms with E-state index in [0.29, 0.717) is 12.1 Å². The molecule has 0 spiro atoms. The molecule has 76 valence electrons. The van der Waals surface area contributed by atoms with Crippen molar-refractivity contribution in [1.29, 1.82) is 0 Å². The Hall–Kier alpha value is -1.55. The van der Waals surface area contributed by atoms with Crippen molar-refractivity contribution in [2.75, 3.05) is 5.32 Å². The summed E-state index contributed by atoms with van der Waals surface area (Å²) in [4.78, 5) is 10.5. The number of rotatable bonds is 3. The van der Waals surface area contributed by atoms with Gasteiger partial charge < -0.3 is 16.2 Å². The lowest BCUT2D eigenvalue weighted by Gasteiger charge is -2.05. The lowest BCUT2D eigenvalue weighted by molar-refractivity contribution is 0.195. The molecule has 0 aliphatic heterocycles. The number of benzene rings is 1. The number of hydrogen-bond donors (Lipinski definition) is 3. The van der Waals surface area contributed by atoms with E-state index in [1.54, 1.807) is 19.1 Å². The Morgan fingerprint density at radius 3 is 2.50 bits per heavy atom. The second-order valence-electron chi connectivity index (χ2n) is 3.24. The molecule has 4 nitrogen and oxygen atoms in total. The van der Waals surface area contributed by atoms with Crippen molar-refractivity contribution in [1.82, 2.24) is 0 Å². The largest absolute Gasteiger partial charge is 0.393 e. The fourth-order valence-corrected chi connectivity index (χ4v) is 1.21. The summed E-state index contributed by atoms with van der Waals surface area (Å²) in [6.45, 7) is 1.73. The highest BCUT2D eigenvalue weighted by Crippen LogP contribution is 2.10. The lowest BCUT2D eigenvalue weighted by atomic mass is 10.1. The standard InChI is InChI=1S/C10H14N2O2/c1-7(13)6-8-2-4-9(5-3-8)12-10(11)14/h2-5,7,13H,6H2,1H3,(H3,11,12,14). The first kappa shape index (κ1) is 10.5. The number of urea groups is 1. The molecule has 0 saturated carbocycles. The Balaban J connectivity index is 2.63. The molecule has 0 fully saturated rings. The third kappa shape index (κ3) is 3.45. The van der Waals surface area contributed by atoms with Gasteiger partial charge in [0.2, 0.25) is 0 Å². The number of carbonyl (C=O) groups excluding carboxylic acids is 1. The molecule has 0 heterocycles. The van der Waals surface area contributed by atoms with Gasteiger partial charge in [0.15, 0.2) is 0 Å². The minimum absolute atomic E-state index is 0.357. The van der Waals surface area contributed by atoms with E-state index in [1.165, 1.54) is 0 Å². The molecule has 2 amide bonds. The van der Waals surface area contributed by atoms with Gasteiger partial charge >= 0.3 is 6.03 Å². The van der Waals surface area contributed by atoms with Crippen LogP contribution in [-0.2, 0) is 6.42 Å². The van der Waals surface area contributed by atoms with Crippen molar-refractivity contribution in [2.24, 2.45) is 5.73 Å². The van der Waals surface area contributed by atoms with Crippen LogP contribution in [0.4, 0.5) is 10.5 Å². The molecule has 1 atom stereocenters. The molecule has 0 bridgehead atoms. The summed E-state index contributed by atoms with van der Waals surface area (Å²) in [5.41, 5.74) is 6.64. The summed E-state index contributed by atoms with van der Waals surface area (Å²) in [7, 11) is 0. The highest BCUT2D eigenvalue weighted by atomic mass is 16.3. The number of carbonyl (C=O) groups is 1. The Morgan fingerprint density at radius 1 is 1.50 bits per heavy atom. The van der Waals surface area contributed by atoms with Crippen molar-refractivity contribution in [2.45, 2.75) is 19.4 Å². The van der Waals surface area contributed by atoms with Crippen LogP contribution < -0.4 is 11.1 Å². The fourth-order valence-electron chi connectivity index (χ4n) is 1.21. The molecule has 0 aliphatic carbocycles. The SMILES string of the molecule is CC(O)Cc1ccc(NC(N)=O)cc1. The van der Waals surface area contributed by atoms with Crippen LogP contribution in [0.25, 0.3) is 0 Å². The monoisotopic (exact) mass is 194 g/mol. The van der Waals surface area contributed by atoms with Gasteiger partial charge in [-0.25, -0.2) is 4.79 Å². The number of nitrogens with one attached hydrogen (secondary N) is 1. The number of nitrogens with two attached hydrogens (primary N) is 1. The molecule has 1 unspecified atom stereocenters. The minimum atomic E-state index is -0.576. The van der Waals surface area contributed by atoms with Gasteiger partial charge in [0.25, 0.3) is 0 Å². The van der Waals surface area contributed by atoms with Crippen molar-refractivity contribution < 1.29 is 9.90 Å². The first-order valence-corrected chi connectivity index (χ1v) is 4.41. The molecule has 0 aliphatic rings. The maximum Gasteiger partial charge on any atom is 0.316 e. The predicted octanol–water partition coefficient (Wildman–Crippen LogP) is 1.10. The summed E-state index contributed by atoms with van der Waals surface area (Å²) in [6.07, 6.45) is 0.251. The second-order valence-corrected chi connectivity index (χ2v) is 3.24. The smallest absolute Gasteiger partial charge is 0.316 e. The Labute approximate surface area is 82.7 Å². The van der Waals surface area contributed by atoms with Crippen LogP contribution in [0.15, 0.2) is 24.3 Å². The number of amides is 2. The van der Waals surface area contributed by atoms with E-state index < -0.39 is 6.03 Å².